The molecule has 1 heterocycles. The Kier molecular flexibility index (Phi) is 3.76. The number of aromatic nitrogens is 3. The molecule has 0 spiro atoms. The summed E-state index contributed by atoms with van der Waals surface area (Å²) in [5.74, 6) is -0.235. The molecule has 0 aliphatic carbocycles. The Labute approximate surface area is 121 Å². The Bertz CT molecular complexity index is 599. The third-order valence-electron chi connectivity index (χ3n) is 3.03. The van der Waals surface area contributed by atoms with Crippen molar-refractivity contribution in [3.8, 4) is 0 Å². The fraction of sp³-hybridized carbons (Fsp3) is 0.429. The van der Waals surface area contributed by atoms with Crippen molar-refractivity contribution in [2.45, 2.75) is 39.7 Å². The van der Waals surface area contributed by atoms with Gasteiger partial charge in [-0.25, -0.2) is 9.07 Å². The first-order valence-corrected chi connectivity index (χ1v) is 6.93. The monoisotopic (exact) mass is 325 g/mol. The molecule has 2 rings (SSSR count). The minimum absolute atomic E-state index is 0.0550. The van der Waals surface area contributed by atoms with Crippen molar-refractivity contribution in [3.05, 3.63) is 45.4 Å². The molecule has 0 atom stereocenters. The lowest BCUT2D eigenvalue weighted by molar-refractivity contribution is 0.563. The lowest BCUT2D eigenvalue weighted by Crippen LogP contribution is -2.14. The van der Waals surface area contributed by atoms with Crippen LogP contribution < -0.4 is 0 Å². The molecular weight excluding hydrogens is 309 g/mol. The summed E-state index contributed by atoms with van der Waals surface area (Å²) in [6.45, 7) is 8.64. The maximum atomic E-state index is 13.8. The number of hydrogen-bond donors (Lipinski definition) is 0. The topological polar surface area (TPSA) is 30.7 Å². The molecule has 1 aromatic carbocycles. The minimum Gasteiger partial charge on any atom is -0.245 e. The van der Waals surface area contributed by atoms with Gasteiger partial charge in [-0.1, -0.05) is 48.0 Å². The van der Waals surface area contributed by atoms with Gasteiger partial charge >= 0.3 is 0 Å². The fourth-order valence-electron chi connectivity index (χ4n) is 2.01. The van der Waals surface area contributed by atoms with Crippen molar-refractivity contribution in [2.75, 3.05) is 0 Å². The maximum absolute atomic E-state index is 13.8. The van der Waals surface area contributed by atoms with Gasteiger partial charge in [0.1, 0.15) is 5.82 Å². The number of halogens is 2. The van der Waals surface area contributed by atoms with Crippen LogP contribution in [0.4, 0.5) is 4.39 Å². The van der Waals surface area contributed by atoms with Gasteiger partial charge in [0.05, 0.1) is 17.9 Å². The number of nitrogens with zero attached hydrogens (tertiary/aromatic N) is 3. The molecule has 0 amide bonds. The first kappa shape index (κ1) is 14.2. The molecule has 1 aromatic heterocycles. The molecule has 5 heteroatoms. The summed E-state index contributed by atoms with van der Waals surface area (Å²) >= 11 is 3.25. The number of rotatable bonds is 2. The molecule has 0 unspecified atom stereocenters. The predicted octanol–water partition coefficient (Wildman–Crippen LogP) is 3.83. The highest BCUT2D eigenvalue weighted by Crippen LogP contribution is 2.23. The van der Waals surface area contributed by atoms with E-state index in [0.29, 0.717) is 12.1 Å². The quantitative estimate of drug-likeness (QED) is 0.840. The van der Waals surface area contributed by atoms with Gasteiger partial charge in [-0.05, 0) is 19.1 Å². The van der Waals surface area contributed by atoms with E-state index in [9.17, 15) is 4.39 Å². The molecule has 0 saturated carbocycles. The van der Waals surface area contributed by atoms with E-state index in [1.165, 1.54) is 6.07 Å². The molecule has 2 aromatic rings. The van der Waals surface area contributed by atoms with Gasteiger partial charge in [0, 0.05) is 15.5 Å². The lowest BCUT2D eigenvalue weighted by Gasteiger charge is -2.15. The van der Waals surface area contributed by atoms with Crippen LogP contribution in [0.3, 0.4) is 0 Å². The van der Waals surface area contributed by atoms with E-state index in [1.54, 1.807) is 10.7 Å². The summed E-state index contributed by atoms with van der Waals surface area (Å²) in [6.07, 6.45) is 0. The third kappa shape index (κ3) is 3.03. The molecule has 19 heavy (non-hydrogen) atoms. The van der Waals surface area contributed by atoms with Crippen molar-refractivity contribution in [1.29, 1.82) is 0 Å². The van der Waals surface area contributed by atoms with E-state index in [4.69, 9.17) is 0 Å². The molecule has 0 saturated heterocycles. The first-order chi connectivity index (χ1) is 8.79. The molecule has 0 aliphatic rings. The Morgan fingerprint density at radius 3 is 2.53 bits per heavy atom. The summed E-state index contributed by atoms with van der Waals surface area (Å²) < 4.78 is 16.3. The van der Waals surface area contributed by atoms with E-state index in [2.05, 4.69) is 47.0 Å². The van der Waals surface area contributed by atoms with E-state index >= 15 is 0 Å². The molecule has 0 bridgehead atoms. The fourth-order valence-corrected chi connectivity index (χ4v) is 2.35. The van der Waals surface area contributed by atoms with Gasteiger partial charge in [0.2, 0.25) is 0 Å². The minimum atomic E-state index is -0.235. The van der Waals surface area contributed by atoms with E-state index < -0.39 is 0 Å². The Morgan fingerprint density at radius 2 is 2.00 bits per heavy atom. The first-order valence-electron chi connectivity index (χ1n) is 6.13. The van der Waals surface area contributed by atoms with Crippen molar-refractivity contribution >= 4 is 15.9 Å². The highest BCUT2D eigenvalue weighted by Gasteiger charge is 2.22. The van der Waals surface area contributed by atoms with Gasteiger partial charge in [0.25, 0.3) is 0 Å². The zero-order valence-electron chi connectivity index (χ0n) is 11.5. The summed E-state index contributed by atoms with van der Waals surface area (Å²) in [5.41, 5.74) is 2.48. The van der Waals surface area contributed by atoms with Gasteiger partial charge in [-0.15, -0.1) is 5.10 Å². The Morgan fingerprint density at radius 1 is 1.32 bits per heavy atom. The predicted molar refractivity (Wildman–Crippen MR) is 76.7 cm³/mol. The van der Waals surface area contributed by atoms with E-state index in [-0.39, 0.29) is 11.2 Å². The summed E-state index contributed by atoms with van der Waals surface area (Å²) in [6, 6.07) is 5.05. The second-order valence-corrected chi connectivity index (χ2v) is 6.58. The number of benzene rings is 1. The molecule has 102 valence electrons. The van der Waals surface area contributed by atoms with Crippen LogP contribution in [0.5, 0.6) is 0 Å². The van der Waals surface area contributed by atoms with Crippen molar-refractivity contribution in [1.82, 2.24) is 15.0 Å². The zero-order valence-corrected chi connectivity index (χ0v) is 13.1. The van der Waals surface area contributed by atoms with Gasteiger partial charge in [-0.3, -0.25) is 0 Å². The third-order valence-corrected chi connectivity index (χ3v) is 3.52. The van der Waals surface area contributed by atoms with Gasteiger partial charge < -0.3 is 0 Å². The molecule has 0 radical (unpaired) electrons. The smallest absolute Gasteiger partial charge is 0.129 e. The second-order valence-electron chi connectivity index (χ2n) is 5.67. The molecule has 0 N–H and O–H groups in total. The lowest BCUT2D eigenvalue weighted by atomic mass is 9.91. The molecule has 0 aliphatic heterocycles. The largest absolute Gasteiger partial charge is 0.245 e. The van der Waals surface area contributed by atoms with Crippen LogP contribution in [0.15, 0.2) is 22.7 Å². The van der Waals surface area contributed by atoms with Crippen molar-refractivity contribution < 1.29 is 4.39 Å². The average molecular weight is 326 g/mol. The summed E-state index contributed by atoms with van der Waals surface area (Å²) in [4.78, 5) is 0. The highest BCUT2D eigenvalue weighted by atomic mass is 79.9. The molecular formula is C14H17BrFN3. The van der Waals surface area contributed by atoms with Crippen LogP contribution in [0.25, 0.3) is 0 Å². The summed E-state index contributed by atoms with van der Waals surface area (Å²) in [5, 5.41) is 8.34. The van der Waals surface area contributed by atoms with Gasteiger partial charge in [-0.2, -0.15) is 0 Å². The van der Waals surface area contributed by atoms with Crippen LogP contribution in [-0.2, 0) is 12.0 Å². The highest BCUT2D eigenvalue weighted by molar-refractivity contribution is 9.10. The molecule has 0 fully saturated rings. The van der Waals surface area contributed by atoms with E-state index in [0.717, 1.165) is 15.9 Å². The van der Waals surface area contributed by atoms with Crippen LogP contribution in [-0.4, -0.2) is 15.0 Å². The molecule has 3 nitrogen and oxygen atoms in total. The maximum Gasteiger partial charge on any atom is 0.129 e. The van der Waals surface area contributed by atoms with Crippen LogP contribution in [0.1, 0.15) is 37.7 Å². The Balaban J connectivity index is 2.32. The summed E-state index contributed by atoms with van der Waals surface area (Å²) in [7, 11) is 0. The normalized spacial score (nSPS) is 11.9. The SMILES string of the molecule is Cc1c(C(C)(C)C)nnn1Cc1ccc(Br)cc1F. The van der Waals surface area contributed by atoms with Crippen LogP contribution in [0, 0.1) is 12.7 Å². The second kappa shape index (κ2) is 5.04. The van der Waals surface area contributed by atoms with Gasteiger partial charge in [0.15, 0.2) is 0 Å². The van der Waals surface area contributed by atoms with Crippen molar-refractivity contribution in [3.63, 3.8) is 0 Å². The zero-order chi connectivity index (χ0) is 14.2. The van der Waals surface area contributed by atoms with Crippen LogP contribution in [0.2, 0.25) is 0 Å². The van der Waals surface area contributed by atoms with Crippen LogP contribution >= 0.6 is 15.9 Å². The Hall–Kier alpha value is -1.23. The van der Waals surface area contributed by atoms with Crippen molar-refractivity contribution in [2.24, 2.45) is 0 Å². The number of hydrogen-bond acceptors (Lipinski definition) is 2. The standard InChI is InChI=1S/C14H17BrFN3/c1-9-13(14(2,3)4)17-18-19(9)8-10-5-6-11(15)7-12(10)16/h5-7H,8H2,1-4H3. The van der Waals surface area contributed by atoms with E-state index in [1.807, 2.05) is 13.0 Å². The average Bonchev–Trinajstić information content (AvgIpc) is 2.64.